The van der Waals surface area contributed by atoms with Gasteiger partial charge in [0.1, 0.15) is 0 Å². The quantitative estimate of drug-likeness (QED) is 0.151. The Balaban J connectivity index is 3.73. The summed E-state index contributed by atoms with van der Waals surface area (Å²) in [6.07, 6.45) is 22.6. The fourth-order valence-corrected chi connectivity index (χ4v) is 4.50. The molecule has 0 radical (unpaired) electrons. The summed E-state index contributed by atoms with van der Waals surface area (Å²) in [6, 6.07) is -0.357. The van der Waals surface area contributed by atoms with E-state index < -0.39 is 5.97 Å². The summed E-state index contributed by atoms with van der Waals surface area (Å²) in [5.74, 6) is -0.676. The summed E-state index contributed by atoms with van der Waals surface area (Å²) < 4.78 is 0.480. The standard InChI is InChI=1S/C25H49NO2/c1-7-8-9-10-11-12-13-14-15-16-17-18-19-20-21-22-25(2,3)23(24(27)28)26(4,5)6/h14-15,23H,7-13,16-22H2,1-6H3/p+1/b15-14-. The van der Waals surface area contributed by atoms with Crippen LogP contribution < -0.4 is 0 Å². The Bertz CT molecular complexity index is 421. The van der Waals surface area contributed by atoms with Gasteiger partial charge in [0.15, 0.2) is 6.04 Å². The van der Waals surface area contributed by atoms with Crippen LogP contribution in [0, 0.1) is 5.41 Å². The maximum absolute atomic E-state index is 11.7. The molecule has 0 aromatic carbocycles. The minimum atomic E-state index is -0.676. The molecule has 0 heterocycles. The normalized spacial score (nSPS) is 13.9. The van der Waals surface area contributed by atoms with E-state index in [0.29, 0.717) is 4.48 Å². The molecule has 0 amide bonds. The molecule has 0 aliphatic carbocycles. The van der Waals surface area contributed by atoms with E-state index in [0.717, 1.165) is 12.8 Å². The number of quaternary nitrogens is 1. The predicted molar refractivity (Wildman–Crippen MR) is 123 cm³/mol. The van der Waals surface area contributed by atoms with E-state index >= 15 is 0 Å². The van der Waals surface area contributed by atoms with Crippen LogP contribution in [0.15, 0.2) is 12.2 Å². The average Bonchev–Trinajstić information content (AvgIpc) is 2.56. The van der Waals surface area contributed by atoms with Gasteiger partial charge in [-0.05, 0) is 32.1 Å². The fraction of sp³-hybridized carbons (Fsp3) is 0.880. The van der Waals surface area contributed by atoms with Crippen molar-refractivity contribution in [1.82, 2.24) is 0 Å². The number of hydrogen-bond acceptors (Lipinski definition) is 1. The molecule has 28 heavy (non-hydrogen) atoms. The Hall–Kier alpha value is -0.830. The number of allylic oxidation sites excluding steroid dienone is 2. The van der Waals surface area contributed by atoms with Gasteiger partial charge < -0.3 is 9.59 Å². The zero-order valence-electron chi connectivity index (χ0n) is 19.9. The van der Waals surface area contributed by atoms with E-state index in [4.69, 9.17) is 0 Å². The van der Waals surface area contributed by atoms with E-state index in [1.165, 1.54) is 77.0 Å². The Morgan fingerprint density at radius 1 is 0.821 bits per heavy atom. The van der Waals surface area contributed by atoms with Crippen LogP contribution in [0.1, 0.15) is 111 Å². The smallest absolute Gasteiger partial charge is 0.363 e. The molecule has 166 valence electrons. The van der Waals surface area contributed by atoms with Crippen LogP contribution in [0.5, 0.6) is 0 Å². The fourth-order valence-electron chi connectivity index (χ4n) is 4.50. The highest BCUT2D eigenvalue weighted by Crippen LogP contribution is 2.33. The van der Waals surface area contributed by atoms with Crippen molar-refractivity contribution in [3.05, 3.63) is 12.2 Å². The maximum atomic E-state index is 11.7. The second-order valence-corrected chi connectivity index (χ2v) is 10.2. The lowest BCUT2D eigenvalue weighted by atomic mass is 9.78. The van der Waals surface area contributed by atoms with Crippen LogP contribution in [0.25, 0.3) is 0 Å². The van der Waals surface area contributed by atoms with Gasteiger partial charge in [0.2, 0.25) is 0 Å². The molecule has 1 N–H and O–H groups in total. The number of hydrogen-bond donors (Lipinski definition) is 1. The summed E-state index contributed by atoms with van der Waals surface area (Å²) in [6.45, 7) is 6.50. The highest BCUT2D eigenvalue weighted by atomic mass is 16.4. The van der Waals surface area contributed by atoms with E-state index in [9.17, 15) is 9.90 Å². The molecule has 3 heteroatoms. The van der Waals surface area contributed by atoms with E-state index in [2.05, 4.69) is 32.9 Å². The lowest BCUT2D eigenvalue weighted by Crippen LogP contribution is -2.57. The Morgan fingerprint density at radius 3 is 1.68 bits per heavy atom. The molecule has 0 spiro atoms. The lowest BCUT2D eigenvalue weighted by molar-refractivity contribution is -0.894. The Kier molecular flexibility index (Phi) is 14.6. The van der Waals surface area contributed by atoms with Gasteiger partial charge in [-0.1, -0.05) is 90.7 Å². The van der Waals surface area contributed by atoms with E-state index in [-0.39, 0.29) is 11.5 Å². The number of carboxylic acid groups (broad SMARTS) is 1. The minimum absolute atomic E-state index is 0.177. The second-order valence-electron chi connectivity index (χ2n) is 10.2. The zero-order chi connectivity index (χ0) is 21.5. The highest BCUT2D eigenvalue weighted by Gasteiger charge is 2.44. The molecule has 0 saturated heterocycles. The summed E-state index contributed by atoms with van der Waals surface area (Å²) in [5.41, 5.74) is -0.177. The maximum Gasteiger partial charge on any atom is 0.363 e. The molecule has 0 aliphatic heterocycles. The monoisotopic (exact) mass is 396 g/mol. The number of carboxylic acids is 1. The first kappa shape index (κ1) is 27.2. The number of nitrogens with zero attached hydrogens (tertiary/aromatic N) is 1. The number of likely N-dealkylation sites (N-methyl/N-ethyl adjacent to an activating group) is 1. The minimum Gasteiger partial charge on any atom is -0.477 e. The van der Waals surface area contributed by atoms with Gasteiger partial charge in [-0.3, -0.25) is 0 Å². The largest absolute Gasteiger partial charge is 0.477 e. The van der Waals surface area contributed by atoms with Crippen molar-refractivity contribution in [2.24, 2.45) is 5.41 Å². The molecule has 0 saturated carbocycles. The van der Waals surface area contributed by atoms with Crippen LogP contribution in [0.3, 0.4) is 0 Å². The molecular weight excluding hydrogens is 346 g/mol. The predicted octanol–water partition coefficient (Wildman–Crippen LogP) is 7.21. The molecule has 0 bridgehead atoms. The third-order valence-electron chi connectivity index (χ3n) is 5.83. The van der Waals surface area contributed by atoms with Crippen LogP contribution in [-0.4, -0.2) is 42.7 Å². The average molecular weight is 397 g/mol. The van der Waals surface area contributed by atoms with Gasteiger partial charge in [0.25, 0.3) is 0 Å². The van der Waals surface area contributed by atoms with Crippen LogP contribution >= 0.6 is 0 Å². The van der Waals surface area contributed by atoms with Crippen molar-refractivity contribution in [2.45, 2.75) is 117 Å². The third-order valence-corrected chi connectivity index (χ3v) is 5.83. The number of aliphatic carboxylic acids is 1. The summed E-state index contributed by atoms with van der Waals surface area (Å²) in [4.78, 5) is 11.7. The number of carbonyl (C=O) groups is 1. The van der Waals surface area contributed by atoms with Crippen LogP contribution in [0.2, 0.25) is 0 Å². The first-order valence-corrected chi connectivity index (χ1v) is 11.8. The molecule has 0 fully saturated rings. The van der Waals surface area contributed by atoms with Gasteiger partial charge >= 0.3 is 5.97 Å². The van der Waals surface area contributed by atoms with Crippen molar-refractivity contribution in [3.63, 3.8) is 0 Å². The number of rotatable bonds is 18. The molecule has 0 aliphatic rings. The van der Waals surface area contributed by atoms with Gasteiger partial charge in [-0.2, -0.15) is 0 Å². The summed E-state index contributed by atoms with van der Waals surface area (Å²) >= 11 is 0. The van der Waals surface area contributed by atoms with E-state index in [1.54, 1.807) is 0 Å². The zero-order valence-corrected chi connectivity index (χ0v) is 19.9. The SMILES string of the molecule is CCCCCCCC/C=C\CCCCCCCC(C)(C)C(C(=O)O)[N+](C)(C)C. The Morgan fingerprint density at radius 2 is 1.25 bits per heavy atom. The van der Waals surface area contributed by atoms with Crippen molar-refractivity contribution < 1.29 is 14.4 Å². The van der Waals surface area contributed by atoms with Gasteiger partial charge in [0, 0.05) is 5.41 Å². The van der Waals surface area contributed by atoms with Gasteiger partial charge in [-0.15, -0.1) is 0 Å². The van der Waals surface area contributed by atoms with E-state index in [1.807, 2.05) is 21.1 Å². The molecule has 0 aromatic rings. The van der Waals surface area contributed by atoms with Crippen LogP contribution in [0.4, 0.5) is 0 Å². The third kappa shape index (κ3) is 13.4. The highest BCUT2D eigenvalue weighted by molar-refractivity contribution is 5.73. The van der Waals surface area contributed by atoms with Crippen molar-refractivity contribution in [2.75, 3.05) is 21.1 Å². The molecule has 0 rings (SSSR count). The number of unbranched alkanes of at least 4 members (excludes halogenated alkanes) is 11. The molecular formula is C25H50NO2+. The van der Waals surface area contributed by atoms with Crippen LogP contribution in [-0.2, 0) is 4.79 Å². The first-order valence-electron chi connectivity index (χ1n) is 11.8. The van der Waals surface area contributed by atoms with Crippen molar-refractivity contribution in [3.8, 4) is 0 Å². The molecule has 1 unspecified atom stereocenters. The second kappa shape index (κ2) is 15.1. The van der Waals surface area contributed by atoms with Crippen molar-refractivity contribution in [1.29, 1.82) is 0 Å². The topological polar surface area (TPSA) is 37.3 Å². The molecule has 3 nitrogen and oxygen atoms in total. The molecule has 1 atom stereocenters. The summed E-state index contributed by atoms with van der Waals surface area (Å²) in [7, 11) is 5.96. The van der Waals surface area contributed by atoms with Gasteiger partial charge in [0.05, 0.1) is 21.1 Å². The lowest BCUT2D eigenvalue weighted by Gasteiger charge is -2.41. The summed E-state index contributed by atoms with van der Waals surface area (Å²) in [5, 5.41) is 9.65. The Labute approximate surface area is 176 Å². The van der Waals surface area contributed by atoms with Gasteiger partial charge in [-0.25, -0.2) is 4.79 Å². The first-order chi connectivity index (χ1) is 13.1. The van der Waals surface area contributed by atoms with Crippen molar-refractivity contribution >= 4 is 5.97 Å². The molecule has 0 aromatic heterocycles.